The fraction of sp³-hybridized carbons (Fsp3) is 0.658. The van der Waals surface area contributed by atoms with Crippen molar-refractivity contribution in [3.63, 3.8) is 0 Å². The van der Waals surface area contributed by atoms with Crippen molar-refractivity contribution in [1.29, 1.82) is 0 Å². The van der Waals surface area contributed by atoms with Crippen molar-refractivity contribution in [2.24, 2.45) is 11.3 Å². The van der Waals surface area contributed by atoms with Gasteiger partial charge in [-0.25, -0.2) is 9.59 Å². The van der Waals surface area contributed by atoms with Gasteiger partial charge < -0.3 is 34.4 Å². The summed E-state index contributed by atoms with van der Waals surface area (Å²) in [7, 11) is 3.95. The summed E-state index contributed by atoms with van der Waals surface area (Å²) in [5.41, 5.74) is 0.738. The number of aliphatic carboxylic acids is 1. The molecule has 278 valence electrons. The summed E-state index contributed by atoms with van der Waals surface area (Å²) in [6.45, 7) is 1.97. The predicted molar refractivity (Wildman–Crippen MR) is 186 cm³/mol. The van der Waals surface area contributed by atoms with Crippen molar-refractivity contribution >= 4 is 29.8 Å². The molecule has 3 fully saturated rings. The van der Waals surface area contributed by atoms with Crippen molar-refractivity contribution < 1.29 is 43.3 Å². The van der Waals surface area contributed by atoms with Crippen LogP contribution in [0.25, 0.3) is 0 Å². The van der Waals surface area contributed by atoms with Crippen LogP contribution in [0.5, 0.6) is 5.75 Å². The maximum atomic E-state index is 14.3. The van der Waals surface area contributed by atoms with Gasteiger partial charge in [0.05, 0.1) is 18.0 Å². The SMILES string of the molecule is CN(C)CCOc1ccc2c(c1)CN(C(=O)O[C@@H]1C[C@H]3C(=O)C[C@]4(C(=O)O)C[C@H]4/C=C\CCCCC[C@H](NC(=O)OC4CCCC4)C(=O)N3C1)C2. The number of benzene rings is 1. The van der Waals surface area contributed by atoms with Crippen LogP contribution >= 0.6 is 0 Å². The molecule has 0 bridgehead atoms. The number of hydrogen-bond acceptors (Lipinski definition) is 9. The van der Waals surface area contributed by atoms with Gasteiger partial charge in [-0.15, -0.1) is 0 Å². The van der Waals surface area contributed by atoms with Crippen LogP contribution in [0.2, 0.25) is 0 Å². The molecule has 2 saturated carbocycles. The molecule has 51 heavy (non-hydrogen) atoms. The number of rotatable bonds is 8. The molecule has 13 nitrogen and oxygen atoms in total. The number of amides is 3. The van der Waals surface area contributed by atoms with E-state index in [0.717, 1.165) is 68.4 Å². The number of nitrogens with zero attached hydrogens (tertiary/aromatic N) is 3. The minimum Gasteiger partial charge on any atom is -0.492 e. The highest BCUT2D eigenvalue weighted by atomic mass is 16.6. The highest BCUT2D eigenvalue weighted by molar-refractivity contribution is 5.96. The molecule has 1 aromatic carbocycles. The Labute approximate surface area is 299 Å². The minimum atomic E-state index is -1.21. The number of Topliss-reactive ketones (excluding diaryl/α,β-unsaturated/α-hetero) is 1. The van der Waals surface area contributed by atoms with Gasteiger partial charge in [0.15, 0.2) is 5.78 Å². The Morgan fingerprint density at radius 2 is 1.75 bits per heavy atom. The molecule has 1 aromatic rings. The third-order valence-corrected chi connectivity index (χ3v) is 11.1. The lowest BCUT2D eigenvalue weighted by Crippen LogP contribution is -2.52. The van der Waals surface area contributed by atoms with E-state index in [1.807, 2.05) is 49.3 Å². The molecule has 3 aliphatic heterocycles. The van der Waals surface area contributed by atoms with Crippen LogP contribution in [0.1, 0.15) is 88.2 Å². The van der Waals surface area contributed by atoms with Crippen LogP contribution in [0, 0.1) is 11.3 Å². The highest BCUT2D eigenvalue weighted by Gasteiger charge is 2.61. The smallest absolute Gasteiger partial charge is 0.410 e. The standard InChI is InChI=1S/C38H52N4O9/c1-40(2)16-17-49-29-15-14-25-22-41(23-26(25)18-29)37(48)51-30-19-32-33(43)21-38(35(45)46)20-27(38)10-6-4-3-5-7-13-31(34(44)42(32)24-30)39-36(47)50-28-11-8-9-12-28/h6,10,14-15,18,27-28,30-32H,3-5,7-9,11-13,16-17,19-24H2,1-2H3,(H,39,47)(H,45,46)/b10-6-/t27-,30-,31+,32+,38-/m1/s1. The third kappa shape index (κ3) is 8.85. The van der Waals surface area contributed by atoms with Crippen LogP contribution < -0.4 is 10.1 Å². The van der Waals surface area contributed by atoms with E-state index in [0.29, 0.717) is 39.0 Å². The van der Waals surface area contributed by atoms with E-state index in [4.69, 9.17) is 14.2 Å². The number of hydrogen-bond donors (Lipinski definition) is 2. The van der Waals surface area contributed by atoms with Gasteiger partial charge in [-0.3, -0.25) is 19.3 Å². The van der Waals surface area contributed by atoms with Crippen LogP contribution in [0.15, 0.2) is 30.4 Å². The largest absolute Gasteiger partial charge is 0.492 e. The number of likely N-dealkylation sites (N-methyl/N-ethyl adjacent to an activating group) is 1. The van der Waals surface area contributed by atoms with Crippen LogP contribution in [-0.2, 0) is 36.9 Å². The summed E-state index contributed by atoms with van der Waals surface area (Å²) in [6, 6.07) is 3.84. The average Bonchev–Trinajstić information content (AvgIpc) is 3.49. The maximum Gasteiger partial charge on any atom is 0.410 e. The predicted octanol–water partition coefficient (Wildman–Crippen LogP) is 4.66. The normalized spacial score (nSPS) is 29.0. The summed E-state index contributed by atoms with van der Waals surface area (Å²) in [6.07, 6.45) is 8.92. The first-order valence-electron chi connectivity index (χ1n) is 18.6. The molecular formula is C38H52N4O9. The average molecular weight is 709 g/mol. The fourth-order valence-corrected chi connectivity index (χ4v) is 7.96. The summed E-state index contributed by atoms with van der Waals surface area (Å²) >= 11 is 0. The monoisotopic (exact) mass is 708 g/mol. The topological polar surface area (TPSA) is 155 Å². The fourth-order valence-electron chi connectivity index (χ4n) is 7.96. The molecule has 3 heterocycles. The van der Waals surface area contributed by atoms with Crippen molar-refractivity contribution in [2.75, 3.05) is 33.8 Å². The molecule has 0 aromatic heterocycles. The summed E-state index contributed by atoms with van der Waals surface area (Å²) in [5, 5.41) is 13.0. The Morgan fingerprint density at radius 3 is 2.51 bits per heavy atom. The number of carboxylic acid groups (broad SMARTS) is 1. The molecule has 0 spiro atoms. The number of carboxylic acids is 1. The first-order chi connectivity index (χ1) is 24.5. The lowest BCUT2D eigenvalue weighted by Gasteiger charge is -2.29. The van der Waals surface area contributed by atoms with Crippen molar-refractivity contribution in [3.05, 3.63) is 41.5 Å². The zero-order valence-electron chi connectivity index (χ0n) is 29.8. The second kappa shape index (κ2) is 16.0. The molecule has 6 rings (SSSR count). The number of alkyl carbamates (subject to hydrolysis) is 1. The van der Waals surface area contributed by atoms with E-state index in [1.54, 1.807) is 4.90 Å². The molecule has 5 aliphatic rings. The van der Waals surface area contributed by atoms with Gasteiger partial charge in [0.25, 0.3) is 0 Å². The number of carbonyl (C=O) groups is 5. The zero-order chi connectivity index (χ0) is 36.1. The van der Waals surface area contributed by atoms with Crippen LogP contribution in [0.4, 0.5) is 9.59 Å². The second-order valence-electron chi connectivity index (χ2n) is 15.2. The molecular weight excluding hydrogens is 656 g/mol. The summed E-state index contributed by atoms with van der Waals surface area (Å²) < 4.78 is 17.5. The lowest BCUT2D eigenvalue weighted by molar-refractivity contribution is -0.147. The van der Waals surface area contributed by atoms with E-state index >= 15 is 0 Å². The van der Waals surface area contributed by atoms with Gasteiger partial charge in [-0.2, -0.15) is 0 Å². The number of carbonyl (C=O) groups excluding carboxylic acids is 4. The molecule has 13 heteroatoms. The van der Waals surface area contributed by atoms with Crippen molar-refractivity contribution in [2.45, 2.75) is 114 Å². The zero-order valence-corrected chi connectivity index (χ0v) is 29.8. The summed E-state index contributed by atoms with van der Waals surface area (Å²) in [4.78, 5) is 72.3. The van der Waals surface area contributed by atoms with Gasteiger partial charge >= 0.3 is 18.2 Å². The molecule has 5 atom stereocenters. The van der Waals surface area contributed by atoms with Crippen molar-refractivity contribution in [1.82, 2.24) is 20.0 Å². The third-order valence-electron chi connectivity index (χ3n) is 11.1. The lowest BCUT2D eigenvalue weighted by atomic mass is 9.92. The molecule has 2 N–H and O–H groups in total. The quantitative estimate of drug-likeness (QED) is 0.365. The Balaban J connectivity index is 1.16. The van der Waals surface area contributed by atoms with E-state index in [9.17, 15) is 29.1 Å². The Morgan fingerprint density at radius 1 is 0.980 bits per heavy atom. The number of fused-ring (bicyclic) bond motifs is 3. The first kappa shape index (κ1) is 36.7. The van der Waals surface area contributed by atoms with Crippen LogP contribution in [-0.4, -0.2) is 108 Å². The molecule has 0 radical (unpaired) electrons. The van der Waals surface area contributed by atoms with Gasteiger partial charge in [-0.1, -0.05) is 31.1 Å². The molecule has 0 unspecified atom stereocenters. The molecule has 1 saturated heterocycles. The van der Waals surface area contributed by atoms with Gasteiger partial charge in [0, 0.05) is 32.5 Å². The number of ketones is 1. The van der Waals surface area contributed by atoms with E-state index in [-0.39, 0.29) is 37.2 Å². The van der Waals surface area contributed by atoms with Gasteiger partial charge in [0.1, 0.15) is 30.6 Å². The number of allylic oxidation sites excluding steroid dienone is 2. The Kier molecular flexibility index (Phi) is 11.5. The van der Waals surface area contributed by atoms with Crippen LogP contribution in [0.3, 0.4) is 0 Å². The second-order valence-corrected chi connectivity index (χ2v) is 15.2. The molecule has 2 aliphatic carbocycles. The Hall–Kier alpha value is -4.13. The van der Waals surface area contributed by atoms with Gasteiger partial charge in [-0.05, 0) is 94.6 Å². The summed E-state index contributed by atoms with van der Waals surface area (Å²) in [5.74, 6) is -1.37. The molecule has 3 amide bonds. The Bertz CT molecular complexity index is 1510. The minimum absolute atomic E-state index is 0.0368. The van der Waals surface area contributed by atoms with E-state index in [2.05, 4.69) is 5.32 Å². The number of ether oxygens (including phenoxy) is 3. The van der Waals surface area contributed by atoms with E-state index in [1.165, 1.54) is 4.90 Å². The van der Waals surface area contributed by atoms with Crippen molar-refractivity contribution in [3.8, 4) is 5.75 Å². The first-order valence-corrected chi connectivity index (χ1v) is 18.6. The number of nitrogens with one attached hydrogen (secondary N) is 1. The maximum absolute atomic E-state index is 14.3. The van der Waals surface area contributed by atoms with Gasteiger partial charge in [0.2, 0.25) is 5.91 Å². The van der Waals surface area contributed by atoms with E-state index < -0.39 is 47.7 Å². The highest BCUT2D eigenvalue weighted by Crippen LogP contribution is 2.57.